The van der Waals surface area contributed by atoms with Gasteiger partial charge in [0.2, 0.25) is 5.91 Å². The molecule has 1 unspecified atom stereocenters. The van der Waals surface area contributed by atoms with Crippen LogP contribution in [0.4, 0.5) is 0 Å². The Labute approximate surface area is 169 Å². The van der Waals surface area contributed by atoms with Gasteiger partial charge in [-0.1, -0.05) is 0 Å². The third-order valence-corrected chi connectivity index (χ3v) is 5.78. The molecule has 150 valence electrons. The van der Waals surface area contributed by atoms with Crippen LogP contribution in [-0.2, 0) is 11.3 Å². The molecular formula is C20H27N5O2S. The number of ether oxygens (including phenoxy) is 1. The van der Waals surface area contributed by atoms with E-state index in [4.69, 9.17) is 15.5 Å². The van der Waals surface area contributed by atoms with Crippen molar-refractivity contribution in [2.45, 2.75) is 25.8 Å². The van der Waals surface area contributed by atoms with Crippen molar-refractivity contribution < 1.29 is 9.53 Å². The Morgan fingerprint density at radius 1 is 1.43 bits per heavy atom. The van der Waals surface area contributed by atoms with Crippen LogP contribution in [0.25, 0.3) is 10.6 Å². The Morgan fingerprint density at radius 3 is 2.89 bits per heavy atom. The second-order valence-corrected chi connectivity index (χ2v) is 7.76. The van der Waals surface area contributed by atoms with E-state index >= 15 is 0 Å². The number of primary amides is 1. The number of benzene rings is 1. The second-order valence-electron chi connectivity index (χ2n) is 6.90. The minimum absolute atomic E-state index is 0.233. The number of carbonyl (C=O) groups excluding carboxylic acids is 1. The number of rotatable bonds is 6. The number of methoxy groups -OCH3 is 1. The summed E-state index contributed by atoms with van der Waals surface area (Å²) in [5, 5.41) is 6.44. The highest BCUT2D eigenvalue weighted by atomic mass is 32.1. The van der Waals surface area contributed by atoms with E-state index in [1.807, 2.05) is 24.3 Å². The monoisotopic (exact) mass is 401 g/mol. The molecular weight excluding hydrogens is 374 g/mol. The van der Waals surface area contributed by atoms with Gasteiger partial charge in [0, 0.05) is 37.5 Å². The smallest absolute Gasteiger partial charge is 0.217 e. The molecule has 0 radical (unpaired) electrons. The lowest BCUT2D eigenvalue weighted by molar-refractivity contribution is -0.119. The lowest BCUT2D eigenvalue weighted by Crippen LogP contribution is -2.46. The maximum atomic E-state index is 11.2. The molecule has 2 heterocycles. The van der Waals surface area contributed by atoms with Gasteiger partial charge in [0.05, 0.1) is 19.3 Å². The number of aliphatic imine (C=N–C) groups is 1. The average Bonchev–Trinajstić information content (AvgIpc) is 3.17. The number of nitrogens with zero attached hydrogens (tertiary/aromatic N) is 3. The van der Waals surface area contributed by atoms with Crippen molar-refractivity contribution in [3.05, 3.63) is 35.3 Å². The molecule has 0 aliphatic carbocycles. The molecule has 8 heteroatoms. The van der Waals surface area contributed by atoms with E-state index in [9.17, 15) is 4.79 Å². The molecule has 1 aliphatic rings. The minimum Gasteiger partial charge on any atom is -0.497 e. The van der Waals surface area contributed by atoms with Crippen molar-refractivity contribution in [3.8, 4) is 16.3 Å². The van der Waals surface area contributed by atoms with Gasteiger partial charge in [-0.2, -0.15) is 0 Å². The minimum atomic E-state index is -0.233. The number of nitrogens with two attached hydrogens (primary N) is 1. The van der Waals surface area contributed by atoms with Gasteiger partial charge in [-0.25, -0.2) is 4.98 Å². The fraction of sp³-hybridized carbons (Fsp3) is 0.450. The normalized spacial score (nSPS) is 17.4. The number of nitrogens with one attached hydrogen (secondary N) is 1. The summed E-state index contributed by atoms with van der Waals surface area (Å²) < 4.78 is 5.20. The summed E-state index contributed by atoms with van der Waals surface area (Å²) >= 11 is 1.62. The van der Waals surface area contributed by atoms with Crippen LogP contribution in [0.15, 0.2) is 34.6 Å². The van der Waals surface area contributed by atoms with E-state index in [0.29, 0.717) is 18.9 Å². The van der Waals surface area contributed by atoms with Crippen LogP contribution in [0.5, 0.6) is 5.75 Å². The number of carbonyl (C=O) groups is 1. The maximum absolute atomic E-state index is 11.2. The first-order valence-corrected chi connectivity index (χ1v) is 10.3. The van der Waals surface area contributed by atoms with Crippen molar-refractivity contribution >= 4 is 23.2 Å². The van der Waals surface area contributed by atoms with Gasteiger partial charge < -0.3 is 20.7 Å². The Bertz CT molecular complexity index is 818. The molecule has 1 amide bonds. The molecule has 2 aromatic rings. The Hall–Kier alpha value is -2.61. The standard InChI is InChI=1S/C20H27N5O2S/c1-22-20(25-9-3-4-14(12-25)10-18(21)26)23-11-16-13-28-19(24-16)15-5-7-17(27-2)8-6-15/h5-8,13-14H,3-4,9-12H2,1-2H3,(H2,21,26)(H,22,23). The second kappa shape index (κ2) is 9.54. The predicted molar refractivity (Wildman–Crippen MR) is 112 cm³/mol. The lowest BCUT2D eigenvalue weighted by Gasteiger charge is -2.34. The molecule has 0 saturated carbocycles. The Balaban J connectivity index is 1.58. The summed E-state index contributed by atoms with van der Waals surface area (Å²) in [4.78, 5) is 22.5. The van der Waals surface area contributed by atoms with Crippen LogP contribution in [0, 0.1) is 5.92 Å². The van der Waals surface area contributed by atoms with Crippen LogP contribution in [0.2, 0.25) is 0 Å². The number of likely N-dealkylation sites (tertiary alicyclic amines) is 1. The zero-order chi connectivity index (χ0) is 19.9. The van der Waals surface area contributed by atoms with E-state index in [2.05, 4.69) is 20.6 Å². The number of amides is 1. The number of hydrogen-bond donors (Lipinski definition) is 2. The summed E-state index contributed by atoms with van der Waals surface area (Å²) in [6.45, 7) is 2.34. The molecule has 0 spiro atoms. The summed E-state index contributed by atoms with van der Waals surface area (Å²) in [6.07, 6.45) is 2.51. The van der Waals surface area contributed by atoms with E-state index in [0.717, 1.165) is 53.9 Å². The third-order valence-electron chi connectivity index (χ3n) is 4.84. The van der Waals surface area contributed by atoms with Crippen LogP contribution < -0.4 is 15.8 Å². The molecule has 7 nitrogen and oxygen atoms in total. The number of aromatic nitrogens is 1. The van der Waals surface area contributed by atoms with Gasteiger partial charge in [-0.3, -0.25) is 9.79 Å². The van der Waals surface area contributed by atoms with Gasteiger partial charge >= 0.3 is 0 Å². The number of piperidine rings is 1. The molecule has 1 atom stereocenters. The van der Waals surface area contributed by atoms with Crippen LogP contribution >= 0.6 is 11.3 Å². The van der Waals surface area contributed by atoms with Gasteiger partial charge in [-0.05, 0) is 43.0 Å². The fourth-order valence-electron chi connectivity index (χ4n) is 3.46. The van der Waals surface area contributed by atoms with Gasteiger partial charge in [-0.15, -0.1) is 11.3 Å². The van der Waals surface area contributed by atoms with Crippen molar-refractivity contribution in [1.82, 2.24) is 15.2 Å². The molecule has 1 aliphatic heterocycles. The van der Waals surface area contributed by atoms with Gasteiger partial charge in [0.15, 0.2) is 5.96 Å². The number of guanidine groups is 1. The Morgan fingerprint density at radius 2 is 2.21 bits per heavy atom. The maximum Gasteiger partial charge on any atom is 0.217 e. The highest BCUT2D eigenvalue weighted by molar-refractivity contribution is 7.13. The summed E-state index contributed by atoms with van der Waals surface area (Å²) in [5.41, 5.74) is 7.41. The first-order chi connectivity index (χ1) is 13.6. The van der Waals surface area contributed by atoms with E-state index in [1.165, 1.54) is 0 Å². The van der Waals surface area contributed by atoms with E-state index < -0.39 is 0 Å². The van der Waals surface area contributed by atoms with Gasteiger partial charge in [0.25, 0.3) is 0 Å². The topological polar surface area (TPSA) is 92.8 Å². The molecule has 1 aromatic carbocycles. The van der Waals surface area contributed by atoms with Crippen LogP contribution in [-0.4, -0.2) is 49.0 Å². The van der Waals surface area contributed by atoms with Crippen molar-refractivity contribution in [2.24, 2.45) is 16.6 Å². The van der Waals surface area contributed by atoms with E-state index in [1.54, 1.807) is 25.5 Å². The molecule has 1 fully saturated rings. The SMILES string of the molecule is CN=C(NCc1csc(-c2ccc(OC)cc2)n1)N1CCCC(CC(N)=O)C1. The fourth-order valence-corrected chi connectivity index (χ4v) is 4.29. The highest BCUT2D eigenvalue weighted by Gasteiger charge is 2.23. The average molecular weight is 402 g/mol. The molecule has 28 heavy (non-hydrogen) atoms. The summed E-state index contributed by atoms with van der Waals surface area (Å²) in [6, 6.07) is 7.91. The van der Waals surface area contributed by atoms with Crippen LogP contribution in [0.3, 0.4) is 0 Å². The predicted octanol–water partition coefficient (Wildman–Crippen LogP) is 2.48. The molecule has 1 saturated heterocycles. The third kappa shape index (κ3) is 5.22. The lowest BCUT2D eigenvalue weighted by atomic mass is 9.95. The first-order valence-electron chi connectivity index (χ1n) is 9.41. The van der Waals surface area contributed by atoms with Crippen molar-refractivity contribution in [2.75, 3.05) is 27.2 Å². The summed E-state index contributed by atoms with van der Waals surface area (Å²) in [5.74, 6) is 1.74. The molecule has 3 rings (SSSR count). The van der Waals surface area contributed by atoms with Crippen molar-refractivity contribution in [3.63, 3.8) is 0 Å². The Kier molecular flexibility index (Phi) is 6.86. The van der Waals surface area contributed by atoms with E-state index in [-0.39, 0.29) is 5.91 Å². The number of thiazole rings is 1. The van der Waals surface area contributed by atoms with Crippen LogP contribution in [0.1, 0.15) is 25.0 Å². The zero-order valence-electron chi connectivity index (χ0n) is 16.4. The summed E-state index contributed by atoms with van der Waals surface area (Å²) in [7, 11) is 3.44. The molecule has 1 aromatic heterocycles. The first kappa shape index (κ1) is 20.1. The molecule has 0 bridgehead atoms. The molecule has 3 N–H and O–H groups in total. The number of hydrogen-bond acceptors (Lipinski definition) is 5. The van der Waals surface area contributed by atoms with Crippen molar-refractivity contribution in [1.29, 1.82) is 0 Å². The largest absolute Gasteiger partial charge is 0.497 e. The van der Waals surface area contributed by atoms with Gasteiger partial charge in [0.1, 0.15) is 10.8 Å². The highest BCUT2D eigenvalue weighted by Crippen LogP contribution is 2.26. The quantitative estimate of drug-likeness (QED) is 0.573. The zero-order valence-corrected chi connectivity index (χ0v) is 17.2.